The van der Waals surface area contributed by atoms with E-state index in [0.717, 1.165) is 43.9 Å². The van der Waals surface area contributed by atoms with E-state index in [0.29, 0.717) is 0 Å². The summed E-state index contributed by atoms with van der Waals surface area (Å²) < 4.78 is 5.41. The molecule has 0 radical (unpaired) electrons. The van der Waals surface area contributed by atoms with Crippen LogP contribution in [-0.2, 0) is 11.2 Å². The Morgan fingerprint density at radius 2 is 1.63 bits per heavy atom. The molecule has 0 aliphatic carbocycles. The van der Waals surface area contributed by atoms with Crippen molar-refractivity contribution in [1.29, 1.82) is 0 Å². The van der Waals surface area contributed by atoms with Crippen molar-refractivity contribution in [2.75, 3.05) is 37.8 Å². The largest absolute Gasteiger partial charge is 0.395 e. The van der Waals surface area contributed by atoms with E-state index in [1.165, 1.54) is 23.0 Å². The van der Waals surface area contributed by atoms with Gasteiger partial charge in [0.15, 0.2) is 0 Å². The molecule has 0 aromatic heterocycles. The van der Waals surface area contributed by atoms with Crippen molar-refractivity contribution in [2.45, 2.75) is 35.2 Å². The highest BCUT2D eigenvalue weighted by molar-refractivity contribution is 8.00. The minimum atomic E-state index is -1.27. The summed E-state index contributed by atoms with van der Waals surface area (Å²) in [4.78, 5) is 2.33. The molecule has 0 amide bonds. The first-order valence-corrected chi connectivity index (χ1v) is 11.3. The molecule has 4 rings (SSSR count). The van der Waals surface area contributed by atoms with Gasteiger partial charge in [-0.05, 0) is 35.2 Å². The Balaban J connectivity index is 1.47. The normalized spacial score (nSPS) is 29.7. The molecule has 2 aromatic rings. The van der Waals surface area contributed by atoms with E-state index in [-0.39, 0.29) is 6.61 Å². The van der Waals surface area contributed by atoms with Gasteiger partial charge in [-0.2, -0.15) is 0 Å². The average molecular weight is 432 g/mol. The van der Waals surface area contributed by atoms with Gasteiger partial charge >= 0.3 is 0 Å². The molecule has 2 saturated heterocycles. The molecule has 2 fully saturated rings. The van der Waals surface area contributed by atoms with E-state index in [2.05, 4.69) is 29.2 Å². The minimum absolute atomic E-state index is 0.249. The lowest BCUT2D eigenvalue weighted by molar-refractivity contribution is -0.0700. The lowest BCUT2D eigenvalue weighted by Gasteiger charge is -2.39. The van der Waals surface area contributed by atoms with Gasteiger partial charge < -0.3 is 30.1 Å². The second-order valence-corrected chi connectivity index (χ2v) is 9.32. The number of nitrogens with zero attached hydrogens (tertiary/aromatic N) is 1. The number of aliphatic hydroxyl groups is 4. The first-order valence-electron chi connectivity index (χ1n) is 10.4. The molecule has 0 spiro atoms. The van der Waals surface area contributed by atoms with Crippen LogP contribution in [0.5, 0.6) is 0 Å². The predicted octanol–water partition coefficient (Wildman–Crippen LogP) is 1.35. The Hall–Kier alpha value is -1.61. The van der Waals surface area contributed by atoms with Gasteiger partial charge in [-0.3, -0.25) is 0 Å². The highest BCUT2D eigenvalue weighted by atomic mass is 32.2. The third kappa shape index (κ3) is 4.66. The summed E-state index contributed by atoms with van der Waals surface area (Å²) in [7, 11) is 0. The van der Waals surface area contributed by atoms with Crippen LogP contribution in [0.25, 0.3) is 0 Å². The summed E-state index contributed by atoms with van der Waals surface area (Å²) >= 11 is 1.31. The maximum Gasteiger partial charge on any atom is 0.108 e. The van der Waals surface area contributed by atoms with Crippen LogP contribution in [0.1, 0.15) is 21.9 Å². The quantitative estimate of drug-likeness (QED) is 0.568. The van der Waals surface area contributed by atoms with Crippen molar-refractivity contribution in [2.24, 2.45) is 0 Å². The summed E-state index contributed by atoms with van der Waals surface area (Å²) in [6, 6.07) is 16.5. The van der Waals surface area contributed by atoms with Crippen molar-refractivity contribution in [3.8, 4) is 0 Å². The Bertz CT molecular complexity index is 825. The fourth-order valence-corrected chi connectivity index (χ4v) is 5.55. The third-order valence-corrected chi connectivity index (χ3v) is 7.51. The Morgan fingerprint density at radius 3 is 2.33 bits per heavy atom. The summed E-state index contributed by atoms with van der Waals surface area (Å²) in [6.07, 6.45) is -2.74. The fraction of sp³-hybridized carbons (Fsp3) is 0.478. The molecule has 162 valence electrons. The van der Waals surface area contributed by atoms with E-state index in [1.807, 2.05) is 24.3 Å². The molecule has 0 unspecified atom stereocenters. The molecule has 0 bridgehead atoms. The van der Waals surface area contributed by atoms with Gasteiger partial charge in [0, 0.05) is 18.8 Å². The molecule has 2 aliphatic rings. The lowest BCUT2D eigenvalue weighted by atomic mass is 9.95. The number of anilines is 1. The molecular weight excluding hydrogens is 402 g/mol. The average Bonchev–Trinajstić information content (AvgIpc) is 2.79. The maximum atomic E-state index is 10.5. The SMILES string of the molecule is OC[C@H]1S[C@@H](c2cccc(Cc3ccc(N4CCOCC4)cc3)c2)[C@H](O)[C@@H](O)[C@@H]1O. The van der Waals surface area contributed by atoms with Crippen LogP contribution < -0.4 is 4.90 Å². The number of morpholine rings is 1. The monoisotopic (exact) mass is 431 g/mol. The van der Waals surface area contributed by atoms with Crippen LogP contribution in [-0.4, -0.2) is 76.9 Å². The molecular formula is C23H29NO5S. The Labute approximate surface area is 181 Å². The van der Waals surface area contributed by atoms with Crippen molar-refractivity contribution >= 4 is 17.4 Å². The number of aliphatic hydroxyl groups excluding tert-OH is 4. The van der Waals surface area contributed by atoms with E-state index in [4.69, 9.17) is 4.74 Å². The van der Waals surface area contributed by atoms with Crippen molar-refractivity contribution in [3.63, 3.8) is 0 Å². The zero-order chi connectivity index (χ0) is 21.1. The number of ether oxygens (including phenoxy) is 1. The van der Waals surface area contributed by atoms with Gasteiger partial charge in [0.05, 0.1) is 42.5 Å². The summed E-state index contributed by atoms with van der Waals surface area (Å²) in [6.45, 7) is 3.11. The number of benzene rings is 2. The molecule has 4 N–H and O–H groups in total. The molecule has 30 heavy (non-hydrogen) atoms. The van der Waals surface area contributed by atoms with E-state index >= 15 is 0 Å². The summed E-state index contributed by atoms with van der Waals surface area (Å²) in [5.41, 5.74) is 4.41. The first kappa shape index (κ1) is 21.6. The smallest absolute Gasteiger partial charge is 0.108 e. The molecule has 2 heterocycles. The van der Waals surface area contributed by atoms with Crippen LogP contribution in [0.15, 0.2) is 48.5 Å². The zero-order valence-electron chi connectivity index (χ0n) is 16.8. The Morgan fingerprint density at radius 1 is 0.900 bits per heavy atom. The maximum absolute atomic E-state index is 10.5. The Kier molecular flexibility index (Phi) is 6.98. The number of hydrogen-bond donors (Lipinski definition) is 4. The standard InChI is InChI=1S/C23H29NO5S/c25-14-19-20(26)21(27)22(28)23(30-19)17-3-1-2-16(13-17)12-15-4-6-18(7-5-15)24-8-10-29-11-9-24/h1-7,13,19-23,25-28H,8-12,14H2/t19-,20-,21+,22-,23+/m1/s1. The van der Waals surface area contributed by atoms with Crippen molar-refractivity contribution in [3.05, 3.63) is 65.2 Å². The van der Waals surface area contributed by atoms with Crippen LogP contribution in [0.4, 0.5) is 5.69 Å². The summed E-state index contributed by atoms with van der Waals surface area (Å²) in [5.74, 6) is 0. The van der Waals surface area contributed by atoms with Crippen molar-refractivity contribution in [1.82, 2.24) is 0 Å². The van der Waals surface area contributed by atoms with Crippen molar-refractivity contribution < 1.29 is 25.2 Å². The molecule has 6 nitrogen and oxygen atoms in total. The van der Waals surface area contributed by atoms with E-state index < -0.39 is 28.8 Å². The third-order valence-electron chi connectivity index (χ3n) is 5.89. The van der Waals surface area contributed by atoms with Crippen LogP contribution in [0, 0.1) is 0 Å². The van der Waals surface area contributed by atoms with E-state index in [9.17, 15) is 20.4 Å². The minimum Gasteiger partial charge on any atom is -0.395 e. The van der Waals surface area contributed by atoms with Gasteiger partial charge in [-0.15, -0.1) is 11.8 Å². The molecule has 2 aliphatic heterocycles. The predicted molar refractivity (Wildman–Crippen MR) is 118 cm³/mol. The highest BCUT2D eigenvalue weighted by Crippen LogP contribution is 2.43. The van der Waals surface area contributed by atoms with Gasteiger partial charge in [0.2, 0.25) is 0 Å². The van der Waals surface area contributed by atoms with Gasteiger partial charge in [-0.25, -0.2) is 0 Å². The van der Waals surface area contributed by atoms with Gasteiger partial charge in [0.25, 0.3) is 0 Å². The molecule has 2 aromatic carbocycles. The van der Waals surface area contributed by atoms with Gasteiger partial charge in [0.1, 0.15) is 6.10 Å². The van der Waals surface area contributed by atoms with Gasteiger partial charge in [-0.1, -0.05) is 36.4 Å². The van der Waals surface area contributed by atoms with E-state index in [1.54, 1.807) is 0 Å². The summed E-state index contributed by atoms with van der Waals surface area (Å²) in [5, 5.41) is 39.3. The topological polar surface area (TPSA) is 93.4 Å². The molecule has 0 saturated carbocycles. The van der Waals surface area contributed by atoms with Crippen LogP contribution >= 0.6 is 11.8 Å². The molecule has 5 atom stereocenters. The number of hydrogen-bond acceptors (Lipinski definition) is 7. The number of thioether (sulfide) groups is 1. The second-order valence-electron chi connectivity index (χ2n) is 7.94. The highest BCUT2D eigenvalue weighted by Gasteiger charge is 2.43. The zero-order valence-corrected chi connectivity index (χ0v) is 17.6. The van der Waals surface area contributed by atoms with Crippen LogP contribution in [0.3, 0.4) is 0 Å². The lowest BCUT2D eigenvalue weighted by Crippen LogP contribution is -2.51. The second kappa shape index (κ2) is 9.68. The molecule has 7 heteroatoms. The fourth-order valence-electron chi connectivity index (χ4n) is 4.14. The first-order chi connectivity index (χ1) is 14.6. The van der Waals surface area contributed by atoms with Crippen LogP contribution in [0.2, 0.25) is 0 Å². The number of rotatable bonds is 5.